The Labute approximate surface area is 145 Å². The number of nitriles is 1. The fourth-order valence-electron chi connectivity index (χ4n) is 2.31. The van der Waals surface area contributed by atoms with E-state index in [1.165, 1.54) is 4.68 Å². The van der Waals surface area contributed by atoms with Crippen molar-refractivity contribution >= 4 is 12.2 Å². The van der Waals surface area contributed by atoms with Crippen LogP contribution in [-0.2, 0) is 6.61 Å². The Morgan fingerprint density at radius 3 is 2.88 bits per heavy atom. The van der Waals surface area contributed by atoms with Gasteiger partial charge < -0.3 is 10.5 Å². The number of rotatable bonds is 5. The third-order valence-electron chi connectivity index (χ3n) is 3.49. The highest BCUT2D eigenvalue weighted by molar-refractivity contribution is 5.80. The van der Waals surface area contributed by atoms with E-state index < -0.39 is 0 Å². The number of anilines is 1. The normalized spacial score (nSPS) is 10.7. The number of benzene rings is 2. The predicted octanol–water partition coefficient (Wildman–Crippen LogP) is 3.11. The lowest BCUT2D eigenvalue weighted by molar-refractivity contribution is 0.306. The lowest BCUT2D eigenvalue weighted by atomic mass is 10.1. The van der Waals surface area contributed by atoms with Gasteiger partial charge in [-0.15, -0.1) is 0 Å². The van der Waals surface area contributed by atoms with Crippen molar-refractivity contribution in [2.45, 2.75) is 13.5 Å². The average molecular weight is 331 g/mol. The minimum absolute atomic E-state index is 0.346. The standard InChI is InChI=1S/C19H17N5O/c1-14-12-24(19(21)23-14)22-11-16-5-3-7-18(9-16)25-13-17-6-2-4-15(8-17)10-20/h2-9,11-12H,13H2,1H3,(H2,21,23). The van der Waals surface area contributed by atoms with Crippen LogP contribution in [0.2, 0.25) is 0 Å². The zero-order valence-electron chi connectivity index (χ0n) is 13.8. The zero-order valence-corrected chi connectivity index (χ0v) is 13.8. The van der Waals surface area contributed by atoms with E-state index in [0.717, 1.165) is 22.6 Å². The number of nitrogen functional groups attached to an aromatic ring is 1. The molecule has 1 heterocycles. The first-order valence-corrected chi connectivity index (χ1v) is 7.72. The number of aryl methyl sites for hydroxylation is 1. The second-order valence-electron chi connectivity index (χ2n) is 5.50. The number of hydrogen-bond acceptors (Lipinski definition) is 5. The van der Waals surface area contributed by atoms with Gasteiger partial charge in [-0.3, -0.25) is 0 Å². The first-order valence-electron chi connectivity index (χ1n) is 7.72. The first-order chi connectivity index (χ1) is 12.1. The van der Waals surface area contributed by atoms with E-state index in [0.29, 0.717) is 18.1 Å². The fraction of sp³-hybridized carbons (Fsp3) is 0.105. The molecule has 0 aliphatic carbocycles. The topological polar surface area (TPSA) is 89.2 Å². The van der Waals surface area contributed by atoms with Crippen LogP contribution in [0.1, 0.15) is 22.4 Å². The van der Waals surface area contributed by atoms with Gasteiger partial charge in [0.25, 0.3) is 0 Å². The van der Waals surface area contributed by atoms with Gasteiger partial charge in [0.2, 0.25) is 5.95 Å². The van der Waals surface area contributed by atoms with Crippen LogP contribution in [0.15, 0.2) is 59.8 Å². The van der Waals surface area contributed by atoms with Crippen LogP contribution in [-0.4, -0.2) is 15.9 Å². The van der Waals surface area contributed by atoms with Gasteiger partial charge in [0.05, 0.1) is 29.7 Å². The minimum atomic E-state index is 0.346. The minimum Gasteiger partial charge on any atom is -0.489 e. The molecular formula is C19H17N5O. The van der Waals surface area contributed by atoms with Gasteiger partial charge in [-0.2, -0.15) is 10.4 Å². The summed E-state index contributed by atoms with van der Waals surface area (Å²) in [5.74, 6) is 1.07. The van der Waals surface area contributed by atoms with Crippen molar-refractivity contribution < 1.29 is 4.74 Å². The zero-order chi connectivity index (χ0) is 17.6. The summed E-state index contributed by atoms with van der Waals surface area (Å²) in [6, 6.07) is 17.1. The van der Waals surface area contributed by atoms with Gasteiger partial charge in [0.15, 0.2) is 0 Å². The molecule has 3 aromatic rings. The Hall–Kier alpha value is -3.59. The molecule has 0 fully saturated rings. The molecule has 6 nitrogen and oxygen atoms in total. The summed E-state index contributed by atoms with van der Waals surface area (Å²) in [6.07, 6.45) is 3.45. The Bertz CT molecular complexity index is 952. The third kappa shape index (κ3) is 4.24. The predicted molar refractivity (Wildman–Crippen MR) is 96.3 cm³/mol. The van der Waals surface area contributed by atoms with Crippen molar-refractivity contribution in [1.29, 1.82) is 5.26 Å². The van der Waals surface area contributed by atoms with Gasteiger partial charge >= 0.3 is 0 Å². The molecule has 25 heavy (non-hydrogen) atoms. The summed E-state index contributed by atoms with van der Waals surface area (Å²) in [5.41, 5.74) is 9.02. The lowest BCUT2D eigenvalue weighted by Gasteiger charge is -2.07. The molecule has 0 spiro atoms. The molecule has 6 heteroatoms. The molecule has 0 atom stereocenters. The molecule has 0 bridgehead atoms. The Kier molecular flexibility index (Phi) is 4.77. The molecule has 3 rings (SSSR count). The maximum atomic E-state index is 8.94. The second-order valence-corrected chi connectivity index (χ2v) is 5.50. The van der Waals surface area contributed by atoms with Crippen LogP contribution in [0.5, 0.6) is 5.75 Å². The van der Waals surface area contributed by atoms with Gasteiger partial charge in [-0.25, -0.2) is 9.66 Å². The largest absolute Gasteiger partial charge is 0.489 e. The van der Waals surface area contributed by atoms with Gasteiger partial charge in [-0.1, -0.05) is 24.3 Å². The Morgan fingerprint density at radius 2 is 2.12 bits per heavy atom. The van der Waals surface area contributed by atoms with Crippen molar-refractivity contribution in [3.8, 4) is 11.8 Å². The van der Waals surface area contributed by atoms with E-state index in [2.05, 4.69) is 16.2 Å². The number of ether oxygens (including phenoxy) is 1. The van der Waals surface area contributed by atoms with Crippen molar-refractivity contribution in [3.05, 3.63) is 77.1 Å². The first kappa shape index (κ1) is 16.3. The third-order valence-corrected chi connectivity index (χ3v) is 3.49. The SMILES string of the molecule is Cc1cn(N=Cc2cccc(OCc3cccc(C#N)c3)c2)c(N)n1. The van der Waals surface area contributed by atoms with Crippen molar-refractivity contribution in [2.75, 3.05) is 5.73 Å². The summed E-state index contributed by atoms with van der Waals surface area (Å²) in [4.78, 5) is 4.10. The van der Waals surface area contributed by atoms with Crippen molar-refractivity contribution in [3.63, 3.8) is 0 Å². The molecule has 0 saturated heterocycles. The number of nitrogens with zero attached hydrogens (tertiary/aromatic N) is 4. The molecular weight excluding hydrogens is 314 g/mol. The van der Waals surface area contributed by atoms with E-state index in [1.54, 1.807) is 18.5 Å². The molecule has 0 unspecified atom stereocenters. The van der Waals surface area contributed by atoms with Crippen LogP contribution in [0.4, 0.5) is 5.95 Å². The summed E-state index contributed by atoms with van der Waals surface area (Å²) in [6.45, 7) is 2.25. The molecule has 0 aliphatic rings. The molecule has 1 aromatic heterocycles. The highest BCUT2D eigenvalue weighted by Gasteiger charge is 2.01. The van der Waals surface area contributed by atoms with Crippen LogP contribution < -0.4 is 10.5 Å². The second kappa shape index (κ2) is 7.32. The van der Waals surface area contributed by atoms with Gasteiger partial charge in [0.1, 0.15) is 12.4 Å². The number of hydrogen-bond donors (Lipinski definition) is 1. The fourth-order valence-corrected chi connectivity index (χ4v) is 2.31. The summed E-state index contributed by atoms with van der Waals surface area (Å²) in [5, 5.41) is 13.2. The quantitative estimate of drug-likeness (QED) is 0.727. The monoisotopic (exact) mass is 331 g/mol. The summed E-state index contributed by atoms with van der Waals surface area (Å²) in [7, 11) is 0. The Balaban J connectivity index is 1.69. The molecule has 0 amide bonds. The number of imidazole rings is 1. The van der Waals surface area contributed by atoms with Gasteiger partial charge in [0, 0.05) is 0 Å². The van der Waals surface area contributed by atoms with E-state index >= 15 is 0 Å². The van der Waals surface area contributed by atoms with E-state index in [-0.39, 0.29) is 0 Å². The molecule has 2 N–H and O–H groups in total. The molecule has 0 aliphatic heterocycles. The molecule has 2 aromatic carbocycles. The maximum absolute atomic E-state index is 8.94. The highest BCUT2D eigenvalue weighted by atomic mass is 16.5. The van der Waals surface area contributed by atoms with E-state index in [4.69, 9.17) is 15.7 Å². The summed E-state index contributed by atoms with van der Waals surface area (Å²) >= 11 is 0. The van der Waals surface area contributed by atoms with Crippen LogP contribution >= 0.6 is 0 Å². The molecule has 0 saturated carbocycles. The number of nitrogens with two attached hydrogens (primary N) is 1. The van der Waals surface area contributed by atoms with Crippen molar-refractivity contribution in [1.82, 2.24) is 9.66 Å². The van der Waals surface area contributed by atoms with Crippen LogP contribution in [0.3, 0.4) is 0 Å². The maximum Gasteiger partial charge on any atom is 0.221 e. The smallest absolute Gasteiger partial charge is 0.221 e. The Morgan fingerprint density at radius 1 is 1.28 bits per heavy atom. The average Bonchev–Trinajstić information content (AvgIpc) is 2.96. The molecule has 124 valence electrons. The summed E-state index contributed by atoms with van der Waals surface area (Å²) < 4.78 is 7.32. The van der Waals surface area contributed by atoms with E-state index in [9.17, 15) is 0 Å². The highest BCUT2D eigenvalue weighted by Crippen LogP contribution is 2.15. The van der Waals surface area contributed by atoms with Crippen LogP contribution in [0, 0.1) is 18.3 Å². The lowest BCUT2D eigenvalue weighted by Crippen LogP contribution is -1.98. The van der Waals surface area contributed by atoms with Gasteiger partial charge in [-0.05, 0) is 42.3 Å². The van der Waals surface area contributed by atoms with Crippen LogP contribution in [0.25, 0.3) is 0 Å². The van der Waals surface area contributed by atoms with E-state index in [1.807, 2.05) is 49.4 Å². The number of aromatic nitrogens is 2. The van der Waals surface area contributed by atoms with Crippen molar-refractivity contribution in [2.24, 2.45) is 5.10 Å². The molecule has 0 radical (unpaired) electrons.